The summed E-state index contributed by atoms with van der Waals surface area (Å²) < 4.78 is 31.1. The van der Waals surface area contributed by atoms with Gasteiger partial charge in [0.2, 0.25) is 0 Å². The monoisotopic (exact) mass is 676 g/mol. The highest BCUT2D eigenvalue weighted by atomic mass is 35.5. The van der Waals surface area contributed by atoms with Gasteiger partial charge in [-0.15, -0.1) is 11.3 Å². The lowest BCUT2D eigenvalue weighted by Crippen LogP contribution is -2.45. The van der Waals surface area contributed by atoms with Crippen LogP contribution in [0.5, 0.6) is 0 Å². The maximum atomic E-state index is 13.7. The zero-order valence-corrected chi connectivity index (χ0v) is 26.9. The Morgan fingerprint density at radius 3 is 2.40 bits per heavy atom. The van der Waals surface area contributed by atoms with Crippen LogP contribution < -0.4 is 14.9 Å². The summed E-state index contributed by atoms with van der Waals surface area (Å²) in [7, 11) is -2.54. The fourth-order valence-corrected chi connectivity index (χ4v) is 6.53. The second-order valence-corrected chi connectivity index (χ2v) is 13.7. The molecule has 5 rings (SSSR count). The standard InChI is InChI=1S/C29H27Cl3N6O3S2/c1-33-43(40,41)34-18-23-27(29(39)36-37-15-3-2-4-16-37)35-38(25-13-10-21(31)17-24(25)32)28(23)26-14-12-22(42-26)11-7-19-5-8-20(30)9-6-19/h5-6,8-10,12-14,17,33-34H,2-4,15-16,18H2,1H3,(H,36,39). The van der Waals surface area contributed by atoms with Gasteiger partial charge in [0.05, 0.1) is 26.2 Å². The number of benzene rings is 2. The highest BCUT2D eigenvalue weighted by Gasteiger charge is 2.28. The largest absolute Gasteiger partial charge is 0.286 e. The first-order valence-corrected chi connectivity index (χ1v) is 16.8. The maximum Gasteiger partial charge on any atom is 0.286 e. The Bertz CT molecular complexity index is 1800. The molecule has 2 aromatic heterocycles. The Balaban J connectivity index is 1.63. The molecule has 0 atom stereocenters. The molecular weight excluding hydrogens is 651 g/mol. The molecule has 3 N–H and O–H groups in total. The van der Waals surface area contributed by atoms with Gasteiger partial charge in [0.1, 0.15) is 0 Å². The molecule has 3 heterocycles. The lowest BCUT2D eigenvalue weighted by atomic mass is 10.1. The summed E-state index contributed by atoms with van der Waals surface area (Å²) in [6, 6.07) is 15.9. The van der Waals surface area contributed by atoms with Crippen LogP contribution in [0, 0.1) is 11.8 Å². The fourth-order valence-electron chi connectivity index (χ4n) is 4.52. The van der Waals surface area contributed by atoms with Crippen molar-refractivity contribution in [3.8, 4) is 28.1 Å². The summed E-state index contributed by atoms with van der Waals surface area (Å²) in [5, 5.41) is 7.93. The topological polar surface area (TPSA) is 108 Å². The van der Waals surface area contributed by atoms with Crippen molar-refractivity contribution in [3.63, 3.8) is 0 Å². The van der Waals surface area contributed by atoms with Gasteiger partial charge in [-0.25, -0.2) is 14.4 Å². The van der Waals surface area contributed by atoms with Crippen molar-refractivity contribution >= 4 is 62.3 Å². The molecule has 0 radical (unpaired) electrons. The lowest BCUT2D eigenvalue weighted by Gasteiger charge is -2.26. The lowest BCUT2D eigenvalue weighted by molar-refractivity contribution is 0.0743. The number of hydrazine groups is 1. The third kappa shape index (κ3) is 7.78. The zero-order valence-electron chi connectivity index (χ0n) is 23.0. The van der Waals surface area contributed by atoms with E-state index < -0.39 is 16.1 Å². The molecule has 224 valence electrons. The quantitative estimate of drug-likeness (QED) is 0.209. The number of rotatable bonds is 8. The molecule has 0 spiro atoms. The predicted molar refractivity (Wildman–Crippen MR) is 172 cm³/mol. The second-order valence-electron chi connectivity index (χ2n) is 9.62. The summed E-state index contributed by atoms with van der Waals surface area (Å²) >= 11 is 20.2. The van der Waals surface area contributed by atoms with Crippen molar-refractivity contribution in [2.24, 2.45) is 0 Å². The van der Waals surface area contributed by atoms with Crippen LogP contribution in [-0.4, -0.2) is 49.3 Å². The van der Waals surface area contributed by atoms with Gasteiger partial charge in [-0.1, -0.05) is 53.1 Å². The molecule has 0 bridgehead atoms. The molecule has 1 saturated heterocycles. The van der Waals surface area contributed by atoms with E-state index in [1.807, 2.05) is 29.3 Å². The van der Waals surface area contributed by atoms with E-state index in [0.717, 1.165) is 29.7 Å². The average Bonchev–Trinajstić information content (AvgIpc) is 3.61. The van der Waals surface area contributed by atoms with E-state index in [2.05, 4.69) is 26.7 Å². The number of nitrogens with one attached hydrogen (secondary N) is 3. The Morgan fingerprint density at radius 2 is 1.70 bits per heavy atom. The minimum atomic E-state index is -3.84. The summed E-state index contributed by atoms with van der Waals surface area (Å²) in [5.41, 5.74) is 5.15. The second kappa shape index (κ2) is 13.8. The van der Waals surface area contributed by atoms with E-state index in [9.17, 15) is 13.2 Å². The Labute approximate surface area is 269 Å². The predicted octanol–water partition coefficient (Wildman–Crippen LogP) is 5.65. The van der Waals surface area contributed by atoms with E-state index in [0.29, 0.717) is 50.0 Å². The average molecular weight is 678 g/mol. The van der Waals surface area contributed by atoms with E-state index >= 15 is 0 Å². The van der Waals surface area contributed by atoms with Crippen LogP contribution in [0.25, 0.3) is 16.3 Å². The highest BCUT2D eigenvalue weighted by molar-refractivity contribution is 7.87. The number of thiophene rings is 1. The SMILES string of the molecule is CNS(=O)(=O)NCc1c(C(=O)NN2CCCCC2)nn(-c2ccc(Cl)cc2Cl)c1-c1ccc(C#Cc2ccc(Cl)cc2)s1. The molecule has 1 aliphatic heterocycles. The molecule has 0 unspecified atom stereocenters. The van der Waals surface area contributed by atoms with E-state index in [1.54, 1.807) is 35.0 Å². The Hall–Kier alpha value is -2.92. The van der Waals surface area contributed by atoms with Gasteiger partial charge < -0.3 is 0 Å². The summed E-state index contributed by atoms with van der Waals surface area (Å²) in [4.78, 5) is 15.1. The number of aromatic nitrogens is 2. The molecule has 43 heavy (non-hydrogen) atoms. The van der Waals surface area contributed by atoms with E-state index in [-0.39, 0.29) is 12.2 Å². The molecule has 14 heteroatoms. The van der Waals surface area contributed by atoms with Crippen LogP contribution in [0.1, 0.15) is 45.8 Å². The molecule has 2 aromatic carbocycles. The van der Waals surface area contributed by atoms with Crippen LogP contribution in [-0.2, 0) is 16.8 Å². The smallest absolute Gasteiger partial charge is 0.283 e. The maximum absolute atomic E-state index is 13.7. The minimum absolute atomic E-state index is 0.0626. The number of hydrogen-bond donors (Lipinski definition) is 3. The van der Waals surface area contributed by atoms with Gasteiger partial charge in [-0.3, -0.25) is 10.2 Å². The van der Waals surface area contributed by atoms with E-state index in [4.69, 9.17) is 39.9 Å². The van der Waals surface area contributed by atoms with Crippen molar-refractivity contribution < 1.29 is 13.2 Å². The molecule has 1 aliphatic rings. The molecule has 1 amide bonds. The molecule has 0 aliphatic carbocycles. The van der Waals surface area contributed by atoms with Gasteiger partial charge in [-0.2, -0.15) is 18.2 Å². The molecule has 0 saturated carbocycles. The number of amides is 1. The fraction of sp³-hybridized carbons (Fsp3) is 0.241. The van der Waals surface area contributed by atoms with Crippen LogP contribution in [0.4, 0.5) is 0 Å². The van der Waals surface area contributed by atoms with Crippen molar-refractivity contribution in [2.45, 2.75) is 25.8 Å². The van der Waals surface area contributed by atoms with Crippen LogP contribution >= 0.6 is 46.1 Å². The zero-order chi connectivity index (χ0) is 30.6. The molecular formula is C29H27Cl3N6O3S2. The summed E-state index contributed by atoms with van der Waals surface area (Å²) in [6.45, 7) is 1.21. The highest BCUT2D eigenvalue weighted by Crippen LogP contribution is 2.36. The number of piperidine rings is 1. The van der Waals surface area contributed by atoms with Gasteiger partial charge >= 0.3 is 0 Å². The number of nitrogens with zero attached hydrogens (tertiary/aromatic N) is 3. The van der Waals surface area contributed by atoms with Gasteiger partial charge in [0.25, 0.3) is 16.1 Å². The number of halogens is 3. The number of carbonyl (C=O) groups excluding carboxylic acids is 1. The summed E-state index contributed by atoms with van der Waals surface area (Å²) in [6.07, 6.45) is 3.02. The molecule has 9 nitrogen and oxygen atoms in total. The van der Waals surface area contributed by atoms with Crippen LogP contribution in [0.15, 0.2) is 54.6 Å². The first-order valence-electron chi connectivity index (χ1n) is 13.3. The van der Waals surface area contributed by atoms with Crippen molar-refractivity contribution in [2.75, 3.05) is 20.1 Å². The van der Waals surface area contributed by atoms with Crippen molar-refractivity contribution in [1.29, 1.82) is 0 Å². The van der Waals surface area contributed by atoms with E-state index in [1.165, 1.54) is 18.4 Å². The van der Waals surface area contributed by atoms with Gasteiger partial charge in [-0.05, 0) is 67.4 Å². The third-order valence-electron chi connectivity index (χ3n) is 6.67. The third-order valence-corrected chi connectivity index (χ3v) is 9.53. The van der Waals surface area contributed by atoms with Gasteiger partial charge in [0, 0.05) is 47.9 Å². The number of carbonyl (C=O) groups is 1. The first kappa shape index (κ1) is 31.5. The minimum Gasteiger partial charge on any atom is -0.283 e. The normalized spacial score (nSPS) is 13.9. The van der Waals surface area contributed by atoms with Crippen molar-refractivity contribution in [1.82, 2.24) is 29.7 Å². The Morgan fingerprint density at radius 1 is 0.977 bits per heavy atom. The van der Waals surface area contributed by atoms with Crippen molar-refractivity contribution in [3.05, 3.63) is 91.4 Å². The first-order chi connectivity index (χ1) is 20.6. The molecule has 1 fully saturated rings. The van der Waals surface area contributed by atoms with Gasteiger partial charge in [0.15, 0.2) is 5.69 Å². The Kier molecular flexibility index (Phi) is 10.1. The number of hydrogen-bond acceptors (Lipinski definition) is 6. The van der Waals surface area contributed by atoms with Crippen LogP contribution in [0.3, 0.4) is 0 Å². The summed E-state index contributed by atoms with van der Waals surface area (Å²) in [5.74, 6) is 5.83. The van der Waals surface area contributed by atoms with Crippen LogP contribution in [0.2, 0.25) is 15.1 Å². The molecule has 4 aromatic rings.